The van der Waals surface area contributed by atoms with Gasteiger partial charge in [-0.2, -0.15) is 0 Å². The summed E-state index contributed by atoms with van der Waals surface area (Å²) < 4.78 is 0. The molecule has 0 aliphatic heterocycles. The quantitative estimate of drug-likeness (QED) is 0.887. The van der Waals surface area contributed by atoms with Crippen molar-refractivity contribution in [2.75, 3.05) is 12.4 Å². The third-order valence-corrected chi connectivity index (χ3v) is 3.10. The highest BCUT2D eigenvalue weighted by Gasteiger charge is 2.21. The molecule has 0 saturated carbocycles. The Bertz CT molecular complexity index is 569. The van der Waals surface area contributed by atoms with Crippen LogP contribution >= 0.6 is 0 Å². The average Bonchev–Trinajstić information content (AvgIpc) is 2.38. The predicted octanol–water partition coefficient (Wildman–Crippen LogP) is 3.79. The van der Waals surface area contributed by atoms with E-state index in [4.69, 9.17) is 4.98 Å². The first-order valence-electron chi connectivity index (χ1n) is 6.56. The van der Waals surface area contributed by atoms with Crippen LogP contribution in [0.5, 0.6) is 0 Å². The summed E-state index contributed by atoms with van der Waals surface area (Å²) in [6.07, 6.45) is 0. The minimum absolute atomic E-state index is 0.0666. The maximum Gasteiger partial charge on any atom is 0.136 e. The predicted molar refractivity (Wildman–Crippen MR) is 80.5 cm³/mol. The minimum atomic E-state index is -0.0666. The Morgan fingerprint density at radius 2 is 1.63 bits per heavy atom. The number of hydrogen-bond acceptors (Lipinski definition) is 3. The van der Waals surface area contributed by atoms with Crippen molar-refractivity contribution in [1.82, 2.24) is 9.97 Å². The van der Waals surface area contributed by atoms with E-state index < -0.39 is 0 Å². The molecule has 0 aliphatic rings. The molecule has 0 spiro atoms. The molecule has 3 heteroatoms. The Morgan fingerprint density at radius 3 is 2.16 bits per heavy atom. The first kappa shape index (κ1) is 13.5. The molecule has 3 nitrogen and oxygen atoms in total. The molecule has 100 valence electrons. The van der Waals surface area contributed by atoms with Gasteiger partial charge in [-0.3, -0.25) is 0 Å². The SMILES string of the molecule is CNc1nc(C(C)(C)C)nc(-c2ccccc2)c1C. The van der Waals surface area contributed by atoms with Crippen LogP contribution in [-0.2, 0) is 5.41 Å². The second kappa shape index (κ2) is 5.00. The smallest absolute Gasteiger partial charge is 0.136 e. The lowest BCUT2D eigenvalue weighted by atomic mass is 9.95. The zero-order valence-electron chi connectivity index (χ0n) is 12.3. The van der Waals surface area contributed by atoms with Gasteiger partial charge in [-0.25, -0.2) is 9.97 Å². The van der Waals surface area contributed by atoms with Gasteiger partial charge in [0.1, 0.15) is 11.6 Å². The Labute approximate surface area is 115 Å². The highest BCUT2D eigenvalue weighted by molar-refractivity contribution is 5.68. The molecule has 0 fully saturated rings. The van der Waals surface area contributed by atoms with Gasteiger partial charge >= 0.3 is 0 Å². The number of benzene rings is 1. The first-order valence-corrected chi connectivity index (χ1v) is 6.56. The highest BCUT2D eigenvalue weighted by Crippen LogP contribution is 2.29. The fraction of sp³-hybridized carbons (Fsp3) is 0.375. The average molecular weight is 255 g/mol. The Morgan fingerprint density at radius 1 is 1.00 bits per heavy atom. The molecule has 19 heavy (non-hydrogen) atoms. The monoisotopic (exact) mass is 255 g/mol. The molecule has 0 radical (unpaired) electrons. The van der Waals surface area contributed by atoms with Crippen LogP contribution in [0.1, 0.15) is 32.2 Å². The van der Waals surface area contributed by atoms with E-state index in [0.717, 1.165) is 28.5 Å². The summed E-state index contributed by atoms with van der Waals surface area (Å²) in [5.41, 5.74) is 3.15. The maximum atomic E-state index is 4.77. The maximum absolute atomic E-state index is 4.77. The van der Waals surface area contributed by atoms with Crippen molar-refractivity contribution >= 4 is 5.82 Å². The Balaban J connectivity index is 2.66. The van der Waals surface area contributed by atoms with Crippen molar-refractivity contribution in [1.29, 1.82) is 0 Å². The summed E-state index contributed by atoms with van der Waals surface area (Å²) in [7, 11) is 1.90. The van der Waals surface area contributed by atoms with Gasteiger partial charge in [0.15, 0.2) is 0 Å². The highest BCUT2D eigenvalue weighted by atomic mass is 15.0. The van der Waals surface area contributed by atoms with E-state index in [1.54, 1.807) is 0 Å². The molecule has 2 rings (SSSR count). The molecule has 1 N–H and O–H groups in total. The molecule has 0 saturated heterocycles. The van der Waals surface area contributed by atoms with Crippen LogP contribution in [0, 0.1) is 6.92 Å². The zero-order chi connectivity index (χ0) is 14.0. The topological polar surface area (TPSA) is 37.8 Å². The second-order valence-electron chi connectivity index (χ2n) is 5.74. The zero-order valence-corrected chi connectivity index (χ0v) is 12.3. The third-order valence-electron chi connectivity index (χ3n) is 3.10. The summed E-state index contributed by atoms with van der Waals surface area (Å²) in [6.45, 7) is 8.45. The molecular weight excluding hydrogens is 234 g/mol. The van der Waals surface area contributed by atoms with Crippen molar-refractivity contribution in [2.24, 2.45) is 0 Å². The molecule has 0 atom stereocenters. The molecule has 0 unspecified atom stereocenters. The molecule has 1 aromatic carbocycles. The summed E-state index contributed by atoms with van der Waals surface area (Å²) in [5.74, 6) is 1.76. The van der Waals surface area contributed by atoms with Crippen molar-refractivity contribution in [3.8, 4) is 11.3 Å². The van der Waals surface area contributed by atoms with Crippen molar-refractivity contribution in [2.45, 2.75) is 33.1 Å². The van der Waals surface area contributed by atoms with Gasteiger partial charge in [-0.15, -0.1) is 0 Å². The van der Waals surface area contributed by atoms with Crippen LogP contribution in [0.2, 0.25) is 0 Å². The van der Waals surface area contributed by atoms with Gasteiger partial charge in [0.25, 0.3) is 0 Å². The third kappa shape index (κ3) is 2.75. The van der Waals surface area contributed by atoms with Gasteiger partial charge in [0, 0.05) is 23.6 Å². The largest absolute Gasteiger partial charge is 0.373 e. The van der Waals surface area contributed by atoms with Crippen molar-refractivity contribution < 1.29 is 0 Å². The number of anilines is 1. The molecule has 0 amide bonds. The van der Waals surface area contributed by atoms with Gasteiger partial charge in [0.05, 0.1) is 5.69 Å². The minimum Gasteiger partial charge on any atom is -0.373 e. The van der Waals surface area contributed by atoms with E-state index in [9.17, 15) is 0 Å². The Hall–Kier alpha value is -1.90. The number of nitrogens with one attached hydrogen (secondary N) is 1. The van der Waals surface area contributed by atoms with E-state index in [1.165, 1.54) is 0 Å². The van der Waals surface area contributed by atoms with Gasteiger partial charge < -0.3 is 5.32 Å². The summed E-state index contributed by atoms with van der Waals surface area (Å²) in [4.78, 5) is 9.40. The van der Waals surface area contributed by atoms with Crippen LogP contribution in [0.15, 0.2) is 30.3 Å². The number of aromatic nitrogens is 2. The number of nitrogens with zero attached hydrogens (tertiary/aromatic N) is 2. The Kier molecular flexibility index (Phi) is 3.56. The van der Waals surface area contributed by atoms with Crippen LogP contribution in [0.3, 0.4) is 0 Å². The van der Waals surface area contributed by atoms with E-state index in [0.29, 0.717) is 0 Å². The van der Waals surface area contributed by atoms with Gasteiger partial charge in [-0.05, 0) is 6.92 Å². The fourth-order valence-corrected chi connectivity index (χ4v) is 1.97. The molecule has 0 aliphatic carbocycles. The van der Waals surface area contributed by atoms with Crippen molar-refractivity contribution in [3.63, 3.8) is 0 Å². The van der Waals surface area contributed by atoms with Gasteiger partial charge in [0.2, 0.25) is 0 Å². The molecule has 1 heterocycles. The van der Waals surface area contributed by atoms with Crippen LogP contribution in [-0.4, -0.2) is 17.0 Å². The summed E-state index contributed by atoms with van der Waals surface area (Å²) in [6, 6.07) is 10.3. The molecule has 0 bridgehead atoms. The normalized spacial score (nSPS) is 11.4. The molecular formula is C16H21N3. The second-order valence-corrected chi connectivity index (χ2v) is 5.74. The van der Waals surface area contributed by atoms with Crippen LogP contribution < -0.4 is 5.32 Å². The van der Waals surface area contributed by atoms with Gasteiger partial charge in [-0.1, -0.05) is 51.1 Å². The summed E-state index contributed by atoms with van der Waals surface area (Å²) in [5, 5.41) is 3.17. The lowest BCUT2D eigenvalue weighted by molar-refractivity contribution is 0.546. The summed E-state index contributed by atoms with van der Waals surface area (Å²) >= 11 is 0. The lowest BCUT2D eigenvalue weighted by Crippen LogP contribution is -2.18. The standard InChI is InChI=1S/C16H21N3/c1-11-13(12-9-7-6-8-10-12)18-15(16(2,3)4)19-14(11)17-5/h6-10H,1-5H3,(H,17,18,19). The van der Waals surface area contributed by atoms with Crippen LogP contribution in [0.4, 0.5) is 5.82 Å². The number of hydrogen-bond donors (Lipinski definition) is 1. The lowest BCUT2D eigenvalue weighted by Gasteiger charge is -2.20. The number of rotatable bonds is 2. The van der Waals surface area contributed by atoms with E-state index in [2.05, 4.69) is 50.1 Å². The molecule has 1 aromatic heterocycles. The van der Waals surface area contributed by atoms with Crippen molar-refractivity contribution in [3.05, 3.63) is 41.7 Å². The van der Waals surface area contributed by atoms with E-state index in [1.807, 2.05) is 25.2 Å². The van der Waals surface area contributed by atoms with Crippen LogP contribution in [0.25, 0.3) is 11.3 Å². The fourth-order valence-electron chi connectivity index (χ4n) is 1.97. The first-order chi connectivity index (χ1) is 8.93. The van der Waals surface area contributed by atoms with E-state index >= 15 is 0 Å². The van der Waals surface area contributed by atoms with E-state index in [-0.39, 0.29) is 5.41 Å². The molecule has 2 aromatic rings.